The summed E-state index contributed by atoms with van der Waals surface area (Å²) >= 11 is 0. The summed E-state index contributed by atoms with van der Waals surface area (Å²) in [5.41, 5.74) is 0.752. The summed E-state index contributed by atoms with van der Waals surface area (Å²) in [6, 6.07) is 11.6. The van der Waals surface area contributed by atoms with Gasteiger partial charge in [-0.05, 0) is 30.7 Å². The second-order valence-electron chi connectivity index (χ2n) is 4.19. The lowest BCUT2D eigenvalue weighted by Gasteiger charge is -2.16. The summed E-state index contributed by atoms with van der Waals surface area (Å²) in [6.07, 6.45) is 0. The fraction of sp³-hybridized carbons (Fsp3) is 0.267. The van der Waals surface area contributed by atoms with Crippen LogP contribution in [0.3, 0.4) is 0 Å². The normalized spacial score (nSPS) is 12.3. The van der Waals surface area contributed by atoms with Crippen molar-refractivity contribution < 1.29 is 14.6 Å². The average Bonchev–Trinajstić information content (AvgIpc) is 2.38. The van der Waals surface area contributed by atoms with Crippen molar-refractivity contribution in [1.29, 1.82) is 0 Å². The highest BCUT2D eigenvalue weighted by molar-refractivity contribution is 5.92. The molecule has 2 aromatic rings. The summed E-state index contributed by atoms with van der Waals surface area (Å²) < 4.78 is 5.55. The molecule has 3 heteroatoms. The van der Waals surface area contributed by atoms with Gasteiger partial charge in [-0.25, -0.2) is 0 Å². The van der Waals surface area contributed by atoms with Crippen molar-refractivity contribution in [3.8, 4) is 5.75 Å². The molecule has 1 atom stereocenters. The van der Waals surface area contributed by atoms with Crippen LogP contribution in [0, 0.1) is 0 Å². The van der Waals surface area contributed by atoms with Crippen molar-refractivity contribution in [2.24, 2.45) is 0 Å². The predicted octanol–water partition coefficient (Wildman–Crippen LogP) is 3.43. The Morgan fingerprint density at radius 2 is 2.00 bits per heavy atom. The van der Waals surface area contributed by atoms with Crippen molar-refractivity contribution >= 4 is 16.7 Å². The quantitative estimate of drug-likeness (QED) is 0.896. The van der Waals surface area contributed by atoms with Gasteiger partial charge in [0, 0.05) is 5.56 Å². The number of carboxylic acid groups (broad SMARTS) is 1. The van der Waals surface area contributed by atoms with Crippen molar-refractivity contribution in [1.82, 2.24) is 0 Å². The molecule has 0 heterocycles. The second-order valence-corrected chi connectivity index (χ2v) is 4.19. The number of hydrogen-bond donors (Lipinski definition) is 1. The first-order valence-electron chi connectivity index (χ1n) is 6.02. The lowest BCUT2D eigenvalue weighted by Crippen LogP contribution is -2.10. The zero-order chi connectivity index (χ0) is 13.1. The van der Waals surface area contributed by atoms with Gasteiger partial charge in [0.2, 0.25) is 0 Å². The van der Waals surface area contributed by atoms with E-state index in [2.05, 4.69) is 0 Å². The number of hydrogen-bond acceptors (Lipinski definition) is 2. The highest BCUT2D eigenvalue weighted by Crippen LogP contribution is 2.34. The van der Waals surface area contributed by atoms with Crippen LogP contribution in [0.5, 0.6) is 5.75 Å². The van der Waals surface area contributed by atoms with Gasteiger partial charge in [-0.1, -0.05) is 30.3 Å². The van der Waals surface area contributed by atoms with E-state index in [4.69, 9.17) is 4.74 Å². The first-order valence-corrected chi connectivity index (χ1v) is 6.02. The van der Waals surface area contributed by atoms with Crippen LogP contribution in [0.1, 0.15) is 25.3 Å². The van der Waals surface area contributed by atoms with E-state index in [0.717, 1.165) is 16.3 Å². The number of carbonyl (C=O) groups is 1. The van der Waals surface area contributed by atoms with Crippen molar-refractivity contribution in [3.63, 3.8) is 0 Å². The number of rotatable bonds is 4. The minimum atomic E-state index is -0.840. The Hall–Kier alpha value is -2.03. The van der Waals surface area contributed by atoms with Gasteiger partial charge in [-0.2, -0.15) is 0 Å². The van der Waals surface area contributed by atoms with Gasteiger partial charge < -0.3 is 9.84 Å². The summed E-state index contributed by atoms with van der Waals surface area (Å²) in [5.74, 6) is -0.768. The molecule has 0 bridgehead atoms. The molecule has 0 spiro atoms. The van der Waals surface area contributed by atoms with E-state index in [1.807, 2.05) is 43.3 Å². The number of aliphatic carboxylic acids is 1. The molecule has 0 aromatic heterocycles. The van der Waals surface area contributed by atoms with E-state index in [0.29, 0.717) is 12.4 Å². The molecular formula is C15H16O3. The zero-order valence-corrected chi connectivity index (χ0v) is 10.5. The number of ether oxygens (including phenoxy) is 1. The van der Waals surface area contributed by atoms with Crippen LogP contribution in [0.4, 0.5) is 0 Å². The van der Waals surface area contributed by atoms with Gasteiger partial charge in [-0.15, -0.1) is 0 Å². The maximum atomic E-state index is 11.2. The van der Waals surface area contributed by atoms with Gasteiger partial charge in [0.1, 0.15) is 5.75 Å². The van der Waals surface area contributed by atoms with E-state index in [1.165, 1.54) is 0 Å². The van der Waals surface area contributed by atoms with Crippen LogP contribution in [0.15, 0.2) is 36.4 Å². The molecule has 1 unspecified atom stereocenters. The molecule has 94 valence electrons. The maximum absolute atomic E-state index is 11.2. The van der Waals surface area contributed by atoms with E-state index >= 15 is 0 Å². The molecule has 0 amide bonds. The molecule has 0 saturated carbocycles. The first kappa shape index (κ1) is 12.4. The van der Waals surface area contributed by atoms with Crippen LogP contribution in [0.25, 0.3) is 10.8 Å². The maximum Gasteiger partial charge on any atom is 0.310 e. The third-order valence-corrected chi connectivity index (χ3v) is 3.03. The largest absolute Gasteiger partial charge is 0.494 e. The highest BCUT2D eigenvalue weighted by Gasteiger charge is 2.21. The fourth-order valence-electron chi connectivity index (χ4n) is 2.13. The molecule has 0 aliphatic heterocycles. The zero-order valence-electron chi connectivity index (χ0n) is 10.5. The average molecular weight is 244 g/mol. The van der Waals surface area contributed by atoms with Crippen LogP contribution in [0.2, 0.25) is 0 Å². The summed E-state index contributed by atoms with van der Waals surface area (Å²) in [4.78, 5) is 11.2. The molecule has 1 N–H and O–H groups in total. The number of benzene rings is 2. The van der Waals surface area contributed by atoms with Crippen molar-refractivity contribution in [3.05, 3.63) is 42.0 Å². The lowest BCUT2D eigenvalue weighted by atomic mass is 9.94. The molecule has 0 aliphatic carbocycles. The Labute approximate surface area is 106 Å². The summed E-state index contributed by atoms with van der Waals surface area (Å²) in [7, 11) is 0. The Morgan fingerprint density at radius 1 is 1.28 bits per heavy atom. The van der Waals surface area contributed by atoms with E-state index < -0.39 is 11.9 Å². The van der Waals surface area contributed by atoms with Crippen LogP contribution in [-0.2, 0) is 4.79 Å². The van der Waals surface area contributed by atoms with Gasteiger partial charge in [0.05, 0.1) is 12.5 Å². The molecular weight excluding hydrogens is 228 g/mol. The minimum Gasteiger partial charge on any atom is -0.494 e. The molecule has 2 aromatic carbocycles. The Balaban J connectivity index is 2.69. The molecule has 0 saturated heterocycles. The SMILES string of the molecule is CCOc1ccc2ccccc2c1C(C)C(=O)O. The Bertz CT molecular complexity index is 575. The molecule has 18 heavy (non-hydrogen) atoms. The Morgan fingerprint density at radius 3 is 2.67 bits per heavy atom. The van der Waals surface area contributed by atoms with Crippen molar-refractivity contribution in [2.45, 2.75) is 19.8 Å². The topological polar surface area (TPSA) is 46.5 Å². The second kappa shape index (κ2) is 5.08. The van der Waals surface area contributed by atoms with E-state index in [9.17, 15) is 9.90 Å². The van der Waals surface area contributed by atoms with E-state index in [-0.39, 0.29) is 0 Å². The van der Waals surface area contributed by atoms with Gasteiger partial charge >= 0.3 is 5.97 Å². The molecule has 3 nitrogen and oxygen atoms in total. The van der Waals surface area contributed by atoms with Crippen molar-refractivity contribution in [2.75, 3.05) is 6.61 Å². The summed E-state index contributed by atoms with van der Waals surface area (Å²) in [6.45, 7) is 4.11. The number of carboxylic acids is 1. The fourth-order valence-corrected chi connectivity index (χ4v) is 2.13. The molecule has 2 rings (SSSR count). The lowest BCUT2D eigenvalue weighted by molar-refractivity contribution is -0.138. The first-order chi connectivity index (χ1) is 8.65. The molecule has 0 radical (unpaired) electrons. The number of fused-ring (bicyclic) bond motifs is 1. The monoisotopic (exact) mass is 244 g/mol. The van der Waals surface area contributed by atoms with Crippen LogP contribution < -0.4 is 4.74 Å². The van der Waals surface area contributed by atoms with Gasteiger partial charge in [-0.3, -0.25) is 4.79 Å². The van der Waals surface area contributed by atoms with Gasteiger partial charge in [0.25, 0.3) is 0 Å². The van der Waals surface area contributed by atoms with Gasteiger partial charge in [0.15, 0.2) is 0 Å². The smallest absolute Gasteiger partial charge is 0.310 e. The van der Waals surface area contributed by atoms with Crippen LogP contribution in [-0.4, -0.2) is 17.7 Å². The molecule has 0 fully saturated rings. The predicted molar refractivity (Wildman–Crippen MR) is 71.2 cm³/mol. The minimum absolute atomic E-state index is 0.525. The van der Waals surface area contributed by atoms with E-state index in [1.54, 1.807) is 6.92 Å². The van der Waals surface area contributed by atoms with Crippen LogP contribution >= 0.6 is 0 Å². The summed E-state index contributed by atoms with van der Waals surface area (Å²) in [5, 5.41) is 11.2. The highest BCUT2D eigenvalue weighted by atomic mass is 16.5. The molecule has 0 aliphatic rings. The third-order valence-electron chi connectivity index (χ3n) is 3.03. The standard InChI is InChI=1S/C15H16O3/c1-3-18-13-9-8-11-6-4-5-7-12(11)14(13)10(2)15(16)17/h4-10H,3H2,1-2H3,(H,16,17). The third kappa shape index (κ3) is 2.16. The Kier molecular flexibility index (Phi) is 3.51.